The van der Waals surface area contributed by atoms with Crippen molar-refractivity contribution in [1.82, 2.24) is 10.2 Å². The Morgan fingerprint density at radius 1 is 0.907 bits per heavy atom. The van der Waals surface area contributed by atoms with Crippen LogP contribution in [0.15, 0.2) is 48.5 Å². The summed E-state index contributed by atoms with van der Waals surface area (Å²) in [4.78, 5) is 69.1. The first-order valence-corrected chi connectivity index (χ1v) is 19.6. The van der Waals surface area contributed by atoms with E-state index in [1.165, 1.54) is 7.11 Å². The Morgan fingerprint density at radius 3 is 1.81 bits per heavy atom. The lowest BCUT2D eigenvalue weighted by molar-refractivity contribution is -0.143. The Kier molecular flexibility index (Phi) is 16.6. The van der Waals surface area contributed by atoms with Gasteiger partial charge in [0, 0.05) is 17.7 Å². The number of aliphatic carboxylic acids is 2. The van der Waals surface area contributed by atoms with Crippen molar-refractivity contribution in [2.24, 2.45) is 5.92 Å². The van der Waals surface area contributed by atoms with Gasteiger partial charge in [-0.05, 0) is 76.3 Å². The van der Waals surface area contributed by atoms with Crippen LogP contribution in [0.25, 0.3) is 11.1 Å². The average Bonchev–Trinajstić information content (AvgIpc) is 3.73. The number of carboxylic acid groups (broad SMARTS) is 2. The molecule has 0 radical (unpaired) electrons. The summed E-state index contributed by atoms with van der Waals surface area (Å²) in [6, 6.07) is 12.4. The highest BCUT2D eigenvalue weighted by molar-refractivity contribution is 9.09. The third kappa shape index (κ3) is 12.9. The summed E-state index contributed by atoms with van der Waals surface area (Å²) in [7, 11) is 1.22. The molecule has 1 saturated carbocycles. The van der Waals surface area contributed by atoms with E-state index in [0.717, 1.165) is 28.9 Å². The number of methoxy groups -OCH3 is 1. The van der Waals surface area contributed by atoms with Crippen molar-refractivity contribution in [3.8, 4) is 11.1 Å². The summed E-state index contributed by atoms with van der Waals surface area (Å²) in [6.07, 6.45) is 2.51. The number of likely N-dealkylation sites (tertiary alicyclic amines) is 1. The van der Waals surface area contributed by atoms with Crippen LogP contribution in [0.3, 0.4) is 0 Å². The van der Waals surface area contributed by atoms with Crippen LogP contribution >= 0.6 is 31.9 Å². The van der Waals surface area contributed by atoms with Crippen molar-refractivity contribution in [1.29, 1.82) is 0 Å². The Morgan fingerprint density at radius 2 is 1.43 bits per heavy atom. The van der Waals surface area contributed by atoms with E-state index in [1.807, 2.05) is 48.5 Å². The number of hydrogen-bond donors (Lipinski definition) is 3. The molecule has 2 amide bonds. The van der Waals surface area contributed by atoms with E-state index in [1.54, 1.807) is 20.8 Å². The van der Waals surface area contributed by atoms with Crippen LogP contribution in [0, 0.1) is 5.92 Å². The first-order valence-electron chi connectivity index (χ1n) is 17.4. The monoisotopic (exact) mass is 884 g/mol. The molecule has 54 heavy (non-hydrogen) atoms. The molecule has 13 nitrogen and oxygen atoms in total. The summed E-state index contributed by atoms with van der Waals surface area (Å²) in [5.74, 6) is -2.09. The quantitative estimate of drug-likeness (QED) is 0.164. The molecule has 0 aromatic heterocycles. The number of alkyl halides is 3. The molecule has 296 valence electrons. The second-order valence-electron chi connectivity index (χ2n) is 14.1. The molecule has 4 atom stereocenters. The smallest absolute Gasteiger partial charge is 0.411 e. The fourth-order valence-electron chi connectivity index (χ4n) is 6.12. The number of nitrogens with zero attached hydrogens (tertiary/aromatic N) is 1. The molecule has 2 aliphatic heterocycles. The van der Waals surface area contributed by atoms with Gasteiger partial charge in [-0.25, -0.2) is 23.6 Å². The van der Waals surface area contributed by atoms with Gasteiger partial charge in [0.25, 0.3) is 0 Å². The molecular weight excluding hydrogens is 839 g/mol. The molecule has 16 heteroatoms. The second-order valence-corrected chi connectivity index (χ2v) is 15.3. The van der Waals surface area contributed by atoms with Gasteiger partial charge in [0.05, 0.1) is 29.4 Å². The number of Topliss-reactive ketones (excluding diaryl/α,β-unsaturated/α-hetero) is 2. The minimum atomic E-state index is -1.12. The van der Waals surface area contributed by atoms with Crippen molar-refractivity contribution >= 4 is 67.6 Å². The minimum absolute atomic E-state index is 0.0646. The van der Waals surface area contributed by atoms with E-state index in [9.17, 15) is 33.2 Å². The van der Waals surface area contributed by atoms with Gasteiger partial charge in [0.15, 0.2) is 11.6 Å². The molecule has 2 heterocycles. The number of carbonyl (C=O) groups excluding carboxylic acids is 4. The molecule has 2 aromatic carbocycles. The van der Waals surface area contributed by atoms with E-state index in [2.05, 4.69) is 41.9 Å². The molecule has 1 spiro atoms. The minimum Gasteiger partial charge on any atom is -0.480 e. The predicted octanol–water partition coefficient (Wildman–Crippen LogP) is 7.07. The summed E-state index contributed by atoms with van der Waals surface area (Å²) < 4.78 is 27.9. The van der Waals surface area contributed by atoms with Gasteiger partial charge < -0.3 is 29.7 Å². The molecule has 3 N–H and O–H groups in total. The molecule has 3 fully saturated rings. The number of halogens is 3. The van der Waals surface area contributed by atoms with Gasteiger partial charge in [0.1, 0.15) is 24.4 Å². The molecule has 5 rings (SSSR count). The summed E-state index contributed by atoms with van der Waals surface area (Å²) in [5, 5.41) is 21.2. The van der Waals surface area contributed by atoms with E-state index in [-0.39, 0.29) is 29.5 Å². The third-order valence-corrected chi connectivity index (χ3v) is 10.1. The number of hydrogen-bond acceptors (Lipinski definition) is 9. The number of ketones is 2. The van der Waals surface area contributed by atoms with Crippen LogP contribution in [-0.4, -0.2) is 111 Å². The Hall–Kier alpha value is -3.89. The third-order valence-electron chi connectivity index (χ3n) is 9.09. The molecule has 1 aliphatic carbocycles. The fraction of sp³-hybridized carbons (Fsp3) is 0.526. The zero-order valence-corrected chi connectivity index (χ0v) is 33.8. The fourth-order valence-corrected chi connectivity index (χ4v) is 6.77. The lowest BCUT2D eigenvalue weighted by atomic mass is 9.87. The van der Waals surface area contributed by atoms with Gasteiger partial charge in [0.2, 0.25) is 0 Å². The maximum absolute atomic E-state index is 12.7. The molecular formula is C38H47Br2FN2O11. The van der Waals surface area contributed by atoms with Crippen molar-refractivity contribution < 1.29 is 57.6 Å². The van der Waals surface area contributed by atoms with Gasteiger partial charge in [-0.2, -0.15) is 0 Å². The highest BCUT2D eigenvalue weighted by atomic mass is 79.9. The lowest BCUT2D eigenvalue weighted by Gasteiger charge is -2.33. The van der Waals surface area contributed by atoms with Crippen LogP contribution in [0.2, 0.25) is 0 Å². The molecule has 3 aliphatic rings. The number of benzene rings is 2. The Bertz CT molecular complexity index is 1570. The number of carbonyl (C=O) groups is 6. The summed E-state index contributed by atoms with van der Waals surface area (Å²) in [5.41, 5.74) is 2.61. The summed E-state index contributed by atoms with van der Waals surface area (Å²) in [6.45, 7) is 4.86. The standard InChI is InChI=1S/C16H12Br2O2.C11H18FNO4.C11H17NO5/c17-9-15(19)13-5-1-11(2-6-13)12-3-7-14(8-4-12)16(20)10-18;1-11(2,3)17-10(16)13-7(6-12)4-5-8(13)9(14)15;1-16-10(15)12-8(9(13)14)7-2-5-17-11(6-7)3-4-11/h1-8H,9-10H2;7-8H,4-6H2,1-3H3,(H,14,15);7-8H,2-6H2,1H3,(H,12,15)(H,13,14)/t;7-,8+;7-,8-/m.10/s1. The maximum atomic E-state index is 12.7. The van der Waals surface area contributed by atoms with Crippen LogP contribution in [0.5, 0.6) is 0 Å². The van der Waals surface area contributed by atoms with Crippen molar-refractivity contribution in [2.75, 3.05) is 31.1 Å². The van der Waals surface area contributed by atoms with Crippen LogP contribution in [0.4, 0.5) is 14.0 Å². The van der Waals surface area contributed by atoms with Gasteiger partial charge in [-0.3, -0.25) is 14.5 Å². The van der Waals surface area contributed by atoms with E-state index in [4.69, 9.17) is 19.7 Å². The highest BCUT2D eigenvalue weighted by Crippen LogP contribution is 2.48. The molecule has 0 bridgehead atoms. The Labute approximate surface area is 330 Å². The number of alkyl carbamates (subject to hydrolysis) is 1. The Balaban J connectivity index is 0.000000219. The normalized spacial score (nSPS) is 20.2. The van der Waals surface area contributed by atoms with Gasteiger partial charge >= 0.3 is 24.1 Å². The lowest BCUT2D eigenvalue weighted by Crippen LogP contribution is -2.49. The highest BCUT2D eigenvalue weighted by Gasteiger charge is 2.50. The number of ether oxygens (including phenoxy) is 3. The van der Waals surface area contributed by atoms with E-state index in [0.29, 0.717) is 47.7 Å². The largest absolute Gasteiger partial charge is 0.480 e. The first kappa shape index (κ1) is 44.5. The summed E-state index contributed by atoms with van der Waals surface area (Å²) >= 11 is 6.32. The zero-order chi connectivity index (χ0) is 40.2. The first-order chi connectivity index (χ1) is 25.5. The van der Waals surface area contributed by atoms with E-state index < -0.39 is 54.5 Å². The van der Waals surface area contributed by atoms with Crippen molar-refractivity contribution in [2.45, 2.75) is 88.6 Å². The zero-order valence-electron chi connectivity index (χ0n) is 30.6. The van der Waals surface area contributed by atoms with Crippen molar-refractivity contribution in [3.63, 3.8) is 0 Å². The number of carboxylic acids is 2. The SMILES string of the molecule is CC(C)(C)OC(=O)N1[C@@H](CF)CC[C@H]1C(=O)O.COC(=O)N[C@H](C(=O)O)[C@H]1CCOC2(CC2)C1.O=C(CBr)c1ccc(-c2ccc(C(=O)CBr)cc2)cc1. The maximum Gasteiger partial charge on any atom is 0.411 e. The molecule has 2 saturated heterocycles. The predicted molar refractivity (Wildman–Crippen MR) is 204 cm³/mol. The molecule has 2 aromatic rings. The van der Waals surface area contributed by atoms with Crippen LogP contribution in [0.1, 0.15) is 80.0 Å². The second kappa shape index (κ2) is 20.1. The van der Waals surface area contributed by atoms with Crippen LogP contribution in [-0.2, 0) is 23.8 Å². The topological polar surface area (TPSA) is 186 Å². The number of rotatable bonds is 10. The van der Waals surface area contributed by atoms with E-state index >= 15 is 0 Å². The van der Waals surface area contributed by atoms with Crippen LogP contribution < -0.4 is 5.32 Å². The molecule has 0 unspecified atom stereocenters. The van der Waals surface area contributed by atoms with Gasteiger partial charge in [-0.15, -0.1) is 0 Å². The number of amides is 2. The van der Waals surface area contributed by atoms with Gasteiger partial charge in [-0.1, -0.05) is 80.4 Å². The van der Waals surface area contributed by atoms with Crippen molar-refractivity contribution in [3.05, 3.63) is 59.7 Å². The average molecular weight is 887 g/mol. The number of nitrogens with one attached hydrogen (secondary N) is 1.